The van der Waals surface area contributed by atoms with Crippen molar-refractivity contribution >= 4 is 29.5 Å². The minimum atomic E-state index is -1.11. The average molecular weight is 684 g/mol. The van der Waals surface area contributed by atoms with Crippen molar-refractivity contribution in [3.05, 3.63) is 47.5 Å². The van der Waals surface area contributed by atoms with Crippen LogP contribution in [0.15, 0.2) is 36.9 Å². The van der Waals surface area contributed by atoms with Gasteiger partial charge in [0.1, 0.15) is 19.2 Å². The molecular formula is C36H54ClN7O4. The molecule has 0 radical (unpaired) electrons. The molecule has 2 saturated carbocycles. The van der Waals surface area contributed by atoms with Gasteiger partial charge in [-0.05, 0) is 108 Å². The lowest BCUT2D eigenvalue weighted by atomic mass is 9.63. The first-order valence-corrected chi connectivity index (χ1v) is 18.2. The molecule has 2 aromatic rings. The van der Waals surface area contributed by atoms with Gasteiger partial charge in [0.25, 0.3) is 0 Å². The Morgan fingerprint density at radius 2 is 1.65 bits per heavy atom. The van der Waals surface area contributed by atoms with Gasteiger partial charge in [0.2, 0.25) is 11.8 Å². The molecule has 3 amide bonds. The number of halogens is 1. The number of carbonyl (C=O) groups excluding carboxylic acids is 2. The summed E-state index contributed by atoms with van der Waals surface area (Å²) in [6.07, 6.45) is 14.4. The van der Waals surface area contributed by atoms with Crippen LogP contribution in [0, 0.1) is 11.3 Å². The summed E-state index contributed by atoms with van der Waals surface area (Å²) in [5.74, 6) is 0.513. The number of rotatable bonds is 11. The summed E-state index contributed by atoms with van der Waals surface area (Å²) in [5, 5.41) is 21.5. The highest BCUT2D eigenvalue weighted by Gasteiger charge is 2.44. The van der Waals surface area contributed by atoms with E-state index in [4.69, 9.17) is 11.6 Å². The number of benzene rings is 1. The van der Waals surface area contributed by atoms with Gasteiger partial charge < -0.3 is 20.6 Å². The van der Waals surface area contributed by atoms with Crippen LogP contribution in [0.1, 0.15) is 97.0 Å². The Bertz CT molecular complexity index is 1340. The third kappa shape index (κ3) is 9.49. The Morgan fingerprint density at radius 1 is 1.00 bits per heavy atom. The molecule has 1 aromatic heterocycles. The van der Waals surface area contributed by atoms with E-state index in [0.717, 1.165) is 68.6 Å². The number of amides is 3. The number of nitrogens with zero attached hydrogens (tertiary/aromatic N) is 5. The van der Waals surface area contributed by atoms with Gasteiger partial charge >= 0.3 is 6.09 Å². The van der Waals surface area contributed by atoms with Crippen LogP contribution in [-0.4, -0.2) is 90.9 Å². The highest BCUT2D eigenvalue weighted by molar-refractivity contribution is 6.30. The monoisotopic (exact) mass is 683 g/mol. The zero-order valence-corrected chi connectivity index (χ0v) is 29.6. The molecule has 12 heteroatoms. The molecule has 3 N–H and O–H groups in total. The predicted octanol–water partition coefficient (Wildman–Crippen LogP) is 5.53. The molecule has 264 valence electrons. The molecule has 3 aliphatic rings. The Kier molecular flexibility index (Phi) is 12.1. The largest absolute Gasteiger partial charge is 0.465 e. The average Bonchev–Trinajstić information content (AvgIpc) is 3.58. The lowest BCUT2D eigenvalue weighted by molar-refractivity contribution is -0.137. The van der Waals surface area contributed by atoms with E-state index in [1.54, 1.807) is 27.1 Å². The van der Waals surface area contributed by atoms with E-state index >= 15 is 0 Å². The van der Waals surface area contributed by atoms with Crippen molar-refractivity contribution in [1.82, 2.24) is 35.2 Å². The summed E-state index contributed by atoms with van der Waals surface area (Å²) in [5.41, 5.74) is 0.522. The number of nitrogens with one attached hydrogen (secondary N) is 2. The van der Waals surface area contributed by atoms with E-state index < -0.39 is 11.6 Å². The van der Waals surface area contributed by atoms with Crippen LogP contribution < -0.4 is 10.6 Å². The third-order valence-electron chi connectivity index (χ3n) is 11.0. The molecule has 0 bridgehead atoms. The number of hydrogen-bond donors (Lipinski definition) is 3. The highest BCUT2D eigenvalue weighted by atomic mass is 35.5. The lowest BCUT2D eigenvalue weighted by Crippen LogP contribution is -2.56. The zero-order chi connectivity index (χ0) is 34.3. The fourth-order valence-corrected chi connectivity index (χ4v) is 8.34. The summed E-state index contributed by atoms with van der Waals surface area (Å²) >= 11 is 6.18. The zero-order valence-electron chi connectivity index (χ0n) is 28.9. The second-order valence-electron chi connectivity index (χ2n) is 15.3. The SMILES string of the molecule is CC(C)(C)N(CC(=O)NC1CCC(N[C@H](Cc2ccc(Cl)cc2)C(=O)N2CCC(Cn3cncn3)(C3CCCCC3)CC2)CC1)C(=O)O. The van der Waals surface area contributed by atoms with Gasteiger partial charge in [-0.2, -0.15) is 5.10 Å². The van der Waals surface area contributed by atoms with Gasteiger partial charge in [0.15, 0.2) is 0 Å². The summed E-state index contributed by atoms with van der Waals surface area (Å²) in [6.45, 7) is 7.49. The van der Waals surface area contributed by atoms with E-state index in [9.17, 15) is 19.5 Å². The van der Waals surface area contributed by atoms with Crippen molar-refractivity contribution in [2.45, 2.75) is 128 Å². The molecule has 1 atom stereocenters. The standard InChI is InChI=1S/C36H54ClN7O4/c1-35(2,3)44(34(47)48)22-32(45)41-30-15-13-29(14-16-30)40-31(21-26-9-11-28(37)12-10-26)33(46)42-19-17-36(18-20-42,23-43-25-38-24-39-43)27-7-5-4-6-8-27/h9-12,24-25,27,29-31,40H,4-8,13-23H2,1-3H3,(H,41,45)(H,47,48)/t29?,30?,31-/m1/s1. The fraction of sp³-hybridized carbons (Fsp3) is 0.694. The van der Waals surface area contributed by atoms with Gasteiger partial charge in [-0.3, -0.25) is 19.2 Å². The molecule has 2 aliphatic carbocycles. The number of piperidine rings is 1. The van der Waals surface area contributed by atoms with Gasteiger partial charge in [-0.25, -0.2) is 9.78 Å². The quantitative estimate of drug-likeness (QED) is 0.284. The number of carboxylic acid groups (broad SMARTS) is 1. The molecule has 1 aliphatic heterocycles. The summed E-state index contributed by atoms with van der Waals surface area (Å²) in [7, 11) is 0. The van der Waals surface area contributed by atoms with E-state index in [0.29, 0.717) is 17.4 Å². The Hall–Kier alpha value is -3.18. The number of hydrogen-bond acceptors (Lipinski definition) is 6. The van der Waals surface area contributed by atoms with Crippen LogP contribution >= 0.6 is 11.6 Å². The summed E-state index contributed by atoms with van der Waals surface area (Å²) < 4.78 is 1.99. The third-order valence-corrected chi connectivity index (χ3v) is 11.3. The minimum absolute atomic E-state index is 0.0171. The molecule has 11 nitrogen and oxygen atoms in total. The fourth-order valence-electron chi connectivity index (χ4n) is 8.21. The van der Waals surface area contributed by atoms with Crippen LogP contribution in [-0.2, 0) is 22.6 Å². The molecule has 5 rings (SSSR count). The maximum atomic E-state index is 14.3. The number of carbonyl (C=O) groups is 3. The molecule has 3 fully saturated rings. The lowest BCUT2D eigenvalue weighted by Gasteiger charge is -2.48. The summed E-state index contributed by atoms with van der Waals surface area (Å²) in [6, 6.07) is 7.51. The molecule has 0 spiro atoms. The van der Waals surface area contributed by atoms with Gasteiger partial charge in [0, 0.05) is 42.3 Å². The van der Waals surface area contributed by atoms with Crippen molar-refractivity contribution in [2.24, 2.45) is 11.3 Å². The van der Waals surface area contributed by atoms with Crippen LogP contribution in [0.4, 0.5) is 4.79 Å². The van der Waals surface area contributed by atoms with Gasteiger partial charge in [-0.15, -0.1) is 0 Å². The minimum Gasteiger partial charge on any atom is -0.465 e. The van der Waals surface area contributed by atoms with E-state index in [1.165, 1.54) is 32.1 Å². The van der Waals surface area contributed by atoms with E-state index in [2.05, 4.69) is 25.6 Å². The molecule has 1 saturated heterocycles. The summed E-state index contributed by atoms with van der Waals surface area (Å²) in [4.78, 5) is 46.2. The molecular weight excluding hydrogens is 630 g/mol. The van der Waals surface area contributed by atoms with Crippen molar-refractivity contribution in [2.75, 3.05) is 19.6 Å². The van der Waals surface area contributed by atoms with E-state index in [-0.39, 0.29) is 41.9 Å². The first kappa shape index (κ1) is 36.1. The first-order chi connectivity index (χ1) is 22.9. The van der Waals surface area contributed by atoms with Crippen LogP contribution in [0.3, 0.4) is 0 Å². The highest BCUT2D eigenvalue weighted by Crippen LogP contribution is 2.47. The topological polar surface area (TPSA) is 133 Å². The van der Waals surface area contributed by atoms with Crippen LogP contribution in [0.2, 0.25) is 5.02 Å². The Labute approximate surface area is 290 Å². The van der Waals surface area contributed by atoms with Crippen molar-refractivity contribution < 1.29 is 19.5 Å². The van der Waals surface area contributed by atoms with Crippen LogP contribution in [0.25, 0.3) is 0 Å². The predicted molar refractivity (Wildman–Crippen MR) is 186 cm³/mol. The van der Waals surface area contributed by atoms with Gasteiger partial charge in [0.05, 0.1) is 6.04 Å². The number of aromatic nitrogens is 3. The number of likely N-dealkylation sites (tertiary alicyclic amines) is 1. The van der Waals surface area contributed by atoms with Crippen molar-refractivity contribution in [3.8, 4) is 0 Å². The smallest absolute Gasteiger partial charge is 0.408 e. The molecule has 2 heterocycles. The molecule has 48 heavy (non-hydrogen) atoms. The maximum absolute atomic E-state index is 14.3. The van der Waals surface area contributed by atoms with E-state index in [1.807, 2.05) is 35.3 Å². The first-order valence-electron chi connectivity index (χ1n) is 17.8. The second kappa shape index (κ2) is 16.0. The molecule has 1 aromatic carbocycles. The molecule has 0 unspecified atom stereocenters. The van der Waals surface area contributed by atoms with Crippen molar-refractivity contribution in [1.29, 1.82) is 0 Å². The van der Waals surface area contributed by atoms with Crippen molar-refractivity contribution in [3.63, 3.8) is 0 Å². The Morgan fingerprint density at radius 3 is 2.23 bits per heavy atom. The van der Waals surface area contributed by atoms with Crippen LogP contribution in [0.5, 0.6) is 0 Å². The van der Waals surface area contributed by atoms with Gasteiger partial charge in [-0.1, -0.05) is 43.0 Å². The Balaban J connectivity index is 1.21. The maximum Gasteiger partial charge on any atom is 0.408 e. The normalized spacial score (nSPS) is 22.5. The second-order valence-corrected chi connectivity index (χ2v) is 15.8.